The third-order valence-corrected chi connectivity index (χ3v) is 2.74. The van der Waals surface area contributed by atoms with Crippen LogP contribution >= 0.6 is 0 Å². The first-order chi connectivity index (χ1) is 7.98. The van der Waals surface area contributed by atoms with Gasteiger partial charge in [0.15, 0.2) is 0 Å². The number of ether oxygens (including phenoxy) is 1. The van der Waals surface area contributed by atoms with Gasteiger partial charge in [-0.15, -0.1) is 0 Å². The highest BCUT2D eigenvalue weighted by Gasteiger charge is 2.12. The molecule has 92 valence electrons. The number of H-pyrrole nitrogens is 1. The van der Waals surface area contributed by atoms with Crippen LogP contribution in [0.25, 0.3) is 11.0 Å². The predicted molar refractivity (Wildman–Crippen MR) is 69.2 cm³/mol. The summed E-state index contributed by atoms with van der Waals surface area (Å²) < 4.78 is 5.18. The predicted octanol–water partition coefficient (Wildman–Crippen LogP) is 2.24. The normalized spacial score (nSPS) is 12.0. The molecule has 0 aliphatic rings. The quantitative estimate of drug-likeness (QED) is 0.851. The second kappa shape index (κ2) is 4.37. The second-order valence-corrected chi connectivity index (χ2v) is 5.06. The van der Waals surface area contributed by atoms with Crippen molar-refractivity contribution < 1.29 is 4.74 Å². The number of fused-ring (bicyclic) bond motifs is 1. The van der Waals surface area contributed by atoms with Gasteiger partial charge in [0.05, 0.1) is 18.1 Å². The molecule has 0 fully saturated rings. The fourth-order valence-corrected chi connectivity index (χ4v) is 1.73. The Morgan fingerprint density at radius 3 is 2.82 bits per heavy atom. The molecule has 0 spiro atoms. The fraction of sp³-hybridized carbons (Fsp3) is 0.462. The maximum Gasteiger partial charge on any atom is 0.121 e. The molecule has 0 saturated heterocycles. The molecule has 17 heavy (non-hydrogen) atoms. The Morgan fingerprint density at radius 1 is 1.41 bits per heavy atom. The van der Waals surface area contributed by atoms with Gasteiger partial charge in [-0.3, -0.25) is 0 Å². The molecule has 0 radical (unpaired) electrons. The Labute approximate surface area is 101 Å². The van der Waals surface area contributed by atoms with Gasteiger partial charge in [-0.05, 0) is 32.4 Å². The van der Waals surface area contributed by atoms with Gasteiger partial charge in [-0.1, -0.05) is 0 Å². The smallest absolute Gasteiger partial charge is 0.121 e. The molecule has 2 rings (SSSR count). The van der Waals surface area contributed by atoms with E-state index in [1.165, 1.54) is 0 Å². The van der Waals surface area contributed by atoms with E-state index >= 15 is 0 Å². The van der Waals surface area contributed by atoms with Gasteiger partial charge >= 0.3 is 0 Å². The molecule has 0 aliphatic carbocycles. The number of benzene rings is 1. The van der Waals surface area contributed by atoms with Crippen LogP contribution in [0.3, 0.4) is 0 Å². The lowest BCUT2D eigenvalue weighted by Gasteiger charge is -2.16. The average molecular weight is 233 g/mol. The van der Waals surface area contributed by atoms with Crippen LogP contribution in [0.1, 0.15) is 26.1 Å². The summed E-state index contributed by atoms with van der Waals surface area (Å²) in [5.74, 6) is 1.82. The Morgan fingerprint density at radius 2 is 2.18 bits per heavy atom. The van der Waals surface area contributed by atoms with Crippen LogP contribution in [0, 0.1) is 0 Å². The number of hydrogen-bond donors (Lipinski definition) is 2. The van der Waals surface area contributed by atoms with Crippen molar-refractivity contribution in [3.05, 3.63) is 24.0 Å². The lowest BCUT2D eigenvalue weighted by Crippen LogP contribution is -2.32. The zero-order valence-electron chi connectivity index (χ0n) is 10.6. The number of aromatic nitrogens is 2. The van der Waals surface area contributed by atoms with Crippen molar-refractivity contribution in [1.29, 1.82) is 0 Å². The highest BCUT2D eigenvalue weighted by molar-refractivity contribution is 5.76. The lowest BCUT2D eigenvalue weighted by atomic mass is 10.0. The third kappa shape index (κ3) is 2.97. The molecule has 1 aromatic heterocycles. The number of aromatic amines is 1. The highest BCUT2D eigenvalue weighted by atomic mass is 16.5. The highest BCUT2D eigenvalue weighted by Crippen LogP contribution is 2.19. The van der Waals surface area contributed by atoms with Gasteiger partial charge in [0.2, 0.25) is 0 Å². The first-order valence-electron chi connectivity index (χ1n) is 5.79. The number of rotatable bonds is 4. The zero-order valence-corrected chi connectivity index (χ0v) is 10.6. The monoisotopic (exact) mass is 233 g/mol. The summed E-state index contributed by atoms with van der Waals surface area (Å²) >= 11 is 0. The van der Waals surface area contributed by atoms with Gasteiger partial charge in [0.25, 0.3) is 0 Å². The zero-order chi connectivity index (χ0) is 12.5. The molecule has 0 saturated carbocycles. The summed E-state index contributed by atoms with van der Waals surface area (Å²) in [4.78, 5) is 7.82. The van der Waals surface area contributed by atoms with Crippen LogP contribution in [0.4, 0.5) is 0 Å². The summed E-state index contributed by atoms with van der Waals surface area (Å²) in [5.41, 5.74) is 7.78. The summed E-state index contributed by atoms with van der Waals surface area (Å²) in [6.07, 6.45) is 1.77. The van der Waals surface area contributed by atoms with E-state index in [0.29, 0.717) is 0 Å². The number of imidazole rings is 1. The number of aryl methyl sites for hydroxylation is 1. The van der Waals surface area contributed by atoms with Gasteiger partial charge in [-0.25, -0.2) is 4.98 Å². The number of methoxy groups -OCH3 is 1. The SMILES string of the molecule is COc1ccc2nc(CCC(C)(C)N)[nH]c2c1. The topological polar surface area (TPSA) is 63.9 Å². The van der Waals surface area contributed by atoms with E-state index < -0.39 is 0 Å². The van der Waals surface area contributed by atoms with Crippen molar-refractivity contribution >= 4 is 11.0 Å². The Balaban J connectivity index is 2.20. The van der Waals surface area contributed by atoms with Gasteiger partial charge in [0.1, 0.15) is 11.6 Å². The van der Waals surface area contributed by atoms with Crippen LogP contribution in [0.5, 0.6) is 5.75 Å². The van der Waals surface area contributed by atoms with Crippen molar-refractivity contribution in [2.45, 2.75) is 32.2 Å². The molecule has 1 aromatic carbocycles. The largest absolute Gasteiger partial charge is 0.497 e. The van der Waals surface area contributed by atoms with Crippen LogP contribution in [-0.4, -0.2) is 22.6 Å². The molecule has 0 unspecified atom stereocenters. The molecule has 0 aliphatic heterocycles. The number of nitrogens with one attached hydrogen (secondary N) is 1. The minimum Gasteiger partial charge on any atom is -0.497 e. The minimum atomic E-state index is -0.156. The van der Waals surface area contributed by atoms with Crippen LogP contribution in [0.2, 0.25) is 0 Å². The maximum absolute atomic E-state index is 5.96. The van der Waals surface area contributed by atoms with Gasteiger partial charge in [0, 0.05) is 18.0 Å². The molecule has 0 atom stereocenters. The van der Waals surface area contributed by atoms with Gasteiger partial charge < -0.3 is 15.5 Å². The van der Waals surface area contributed by atoms with E-state index in [9.17, 15) is 0 Å². The van der Waals surface area contributed by atoms with E-state index in [4.69, 9.17) is 10.5 Å². The fourth-order valence-electron chi connectivity index (χ4n) is 1.73. The van der Waals surface area contributed by atoms with E-state index in [2.05, 4.69) is 9.97 Å². The van der Waals surface area contributed by atoms with Crippen molar-refractivity contribution in [2.24, 2.45) is 5.73 Å². The summed E-state index contributed by atoms with van der Waals surface area (Å²) in [6.45, 7) is 4.05. The van der Waals surface area contributed by atoms with Crippen LogP contribution < -0.4 is 10.5 Å². The first kappa shape index (κ1) is 11.9. The van der Waals surface area contributed by atoms with Crippen LogP contribution in [0.15, 0.2) is 18.2 Å². The molecule has 3 N–H and O–H groups in total. The molecule has 2 aromatic rings. The van der Waals surface area contributed by atoms with Crippen molar-refractivity contribution in [3.8, 4) is 5.75 Å². The first-order valence-corrected chi connectivity index (χ1v) is 5.79. The van der Waals surface area contributed by atoms with E-state index in [1.54, 1.807) is 7.11 Å². The third-order valence-electron chi connectivity index (χ3n) is 2.74. The standard InChI is InChI=1S/C13H19N3O/c1-13(2,14)7-6-12-15-10-5-4-9(17-3)8-11(10)16-12/h4-5,8H,6-7,14H2,1-3H3,(H,15,16). The molecule has 4 heteroatoms. The maximum atomic E-state index is 5.96. The molecular weight excluding hydrogens is 214 g/mol. The van der Waals surface area contributed by atoms with Crippen molar-refractivity contribution in [1.82, 2.24) is 9.97 Å². The molecule has 0 bridgehead atoms. The minimum absolute atomic E-state index is 0.156. The number of nitrogens with zero attached hydrogens (tertiary/aromatic N) is 1. The Hall–Kier alpha value is -1.55. The lowest BCUT2D eigenvalue weighted by molar-refractivity contribution is 0.415. The van der Waals surface area contributed by atoms with Crippen molar-refractivity contribution in [3.63, 3.8) is 0 Å². The Bertz CT molecular complexity index is 511. The number of nitrogens with two attached hydrogens (primary N) is 1. The molecule has 1 heterocycles. The molecular formula is C13H19N3O. The van der Waals surface area contributed by atoms with E-state index in [-0.39, 0.29) is 5.54 Å². The molecule has 0 amide bonds. The van der Waals surface area contributed by atoms with E-state index in [1.807, 2.05) is 32.0 Å². The van der Waals surface area contributed by atoms with Gasteiger partial charge in [-0.2, -0.15) is 0 Å². The average Bonchev–Trinajstić information content (AvgIpc) is 2.66. The summed E-state index contributed by atoms with van der Waals surface area (Å²) in [7, 11) is 1.66. The number of hydrogen-bond acceptors (Lipinski definition) is 3. The van der Waals surface area contributed by atoms with Crippen LogP contribution in [-0.2, 0) is 6.42 Å². The summed E-state index contributed by atoms with van der Waals surface area (Å²) in [6, 6.07) is 5.83. The van der Waals surface area contributed by atoms with E-state index in [0.717, 1.165) is 35.4 Å². The molecule has 4 nitrogen and oxygen atoms in total. The summed E-state index contributed by atoms with van der Waals surface area (Å²) in [5, 5.41) is 0. The Kier molecular flexibility index (Phi) is 3.07. The van der Waals surface area contributed by atoms with Crippen molar-refractivity contribution in [2.75, 3.05) is 7.11 Å². The second-order valence-electron chi connectivity index (χ2n) is 5.06.